The summed E-state index contributed by atoms with van der Waals surface area (Å²) in [6.45, 7) is 11.7. The van der Waals surface area contributed by atoms with Crippen LogP contribution in [0.5, 0.6) is 0 Å². The lowest BCUT2D eigenvalue weighted by Crippen LogP contribution is -2.49. The van der Waals surface area contributed by atoms with Crippen molar-refractivity contribution in [3.63, 3.8) is 0 Å². The number of benzene rings is 1. The van der Waals surface area contributed by atoms with Crippen LogP contribution in [0.3, 0.4) is 0 Å². The standard InChI is InChI=1S/C24H34N4O2/c1-17(2)14-23(29)27-10-12-28(13-11-27)24-21(15-20-8-6-18(3)7-9-20)22(16-30-5)25-19(4)26-24/h6-9,17H,10-16H2,1-5H3. The number of aromatic nitrogens is 2. The predicted octanol–water partition coefficient (Wildman–Crippen LogP) is 3.53. The van der Waals surface area contributed by atoms with Crippen LogP contribution < -0.4 is 4.90 Å². The summed E-state index contributed by atoms with van der Waals surface area (Å²) in [7, 11) is 1.70. The third kappa shape index (κ3) is 5.57. The maximum absolute atomic E-state index is 12.4. The highest BCUT2D eigenvalue weighted by Crippen LogP contribution is 2.26. The molecule has 1 aromatic heterocycles. The van der Waals surface area contributed by atoms with Gasteiger partial charge in [0.15, 0.2) is 0 Å². The largest absolute Gasteiger partial charge is 0.378 e. The zero-order valence-corrected chi connectivity index (χ0v) is 18.9. The number of anilines is 1. The molecule has 2 heterocycles. The smallest absolute Gasteiger partial charge is 0.222 e. The van der Waals surface area contributed by atoms with Crippen LogP contribution in [0.1, 0.15) is 48.5 Å². The van der Waals surface area contributed by atoms with Gasteiger partial charge in [0.25, 0.3) is 0 Å². The van der Waals surface area contributed by atoms with E-state index < -0.39 is 0 Å². The quantitative estimate of drug-likeness (QED) is 0.699. The number of carbonyl (C=O) groups excluding carboxylic acids is 1. The van der Waals surface area contributed by atoms with Gasteiger partial charge in [-0.15, -0.1) is 0 Å². The molecule has 3 rings (SSSR count). The van der Waals surface area contributed by atoms with E-state index in [0.717, 1.165) is 55.5 Å². The van der Waals surface area contributed by atoms with Crippen molar-refractivity contribution < 1.29 is 9.53 Å². The van der Waals surface area contributed by atoms with Gasteiger partial charge >= 0.3 is 0 Å². The summed E-state index contributed by atoms with van der Waals surface area (Å²) in [4.78, 5) is 26.2. The van der Waals surface area contributed by atoms with E-state index in [9.17, 15) is 4.79 Å². The maximum Gasteiger partial charge on any atom is 0.222 e. The molecule has 30 heavy (non-hydrogen) atoms. The Morgan fingerprint density at radius 2 is 1.73 bits per heavy atom. The highest BCUT2D eigenvalue weighted by Gasteiger charge is 2.25. The first-order valence-electron chi connectivity index (χ1n) is 10.8. The van der Waals surface area contributed by atoms with Crippen LogP contribution >= 0.6 is 0 Å². The Bertz CT molecular complexity index is 856. The van der Waals surface area contributed by atoms with Crippen LogP contribution in [0.4, 0.5) is 5.82 Å². The Kier molecular flexibility index (Phi) is 7.43. The second-order valence-corrected chi connectivity index (χ2v) is 8.58. The summed E-state index contributed by atoms with van der Waals surface area (Å²) in [5.74, 6) is 2.37. The van der Waals surface area contributed by atoms with E-state index >= 15 is 0 Å². The average molecular weight is 411 g/mol. The van der Waals surface area contributed by atoms with Crippen molar-refractivity contribution >= 4 is 11.7 Å². The van der Waals surface area contributed by atoms with Crippen molar-refractivity contribution in [3.05, 3.63) is 52.5 Å². The van der Waals surface area contributed by atoms with Gasteiger partial charge in [0.2, 0.25) is 5.91 Å². The molecule has 0 bridgehead atoms. The normalized spacial score (nSPS) is 14.5. The molecule has 0 aliphatic carbocycles. The predicted molar refractivity (Wildman–Crippen MR) is 120 cm³/mol. The van der Waals surface area contributed by atoms with Crippen LogP contribution in [0.2, 0.25) is 0 Å². The minimum absolute atomic E-state index is 0.253. The lowest BCUT2D eigenvalue weighted by molar-refractivity contribution is -0.132. The van der Waals surface area contributed by atoms with Gasteiger partial charge in [-0.1, -0.05) is 43.7 Å². The molecule has 1 saturated heterocycles. The molecule has 6 heteroatoms. The van der Waals surface area contributed by atoms with Gasteiger partial charge in [0.05, 0.1) is 12.3 Å². The molecule has 1 aromatic carbocycles. The number of rotatable bonds is 7. The van der Waals surface area contributed by atoms with Crippen molar-refractivity contribution in [2.75, 3.05) is 38.2 Å². The molecule has 1 aliphatic rings. The van der Waals surface area contributed by atoms with E-state index in [-0.39, 0.29) is 5.91 Å². The third-order valence-electron chi connectivity index (χ3n) is 5.48. The molecule has 1 amide bonds. The number of ether oxygens (including phenoxy) is 1. The van der Waals surface area contributed by atoms with E-state index in [1.807, 2.05) is 11.8 Å². The fourth-order valence-electron chi connectivity index (χ4n) is 3.89. The van der Waals surface area contributed by atoms with Crippen molar-refractivity contribution in [1.82, 2.24) is 14.9 Å². The summed E-state index contributed by atoms with van der Waals surface area (Å²) in [6.07, 6.45) is 1.38. The first kappa shape index (κ1) is 22.2. The summed E-state index contributed by atoms with van der Waals surface area (Å²) in [5.41, 5.74) is 4.54. The Balaban J connectivity index is 1.84. The second-order valence-electron chi connectivity index (χ2n) is 8.58. The number of hydrogen-bond acceptors (Lipinski definition) is 5. The van der Waals surface area contributed by atoms with Gasteiger partial charge in [-0.2, -0.15) is 0 Å². The zero-order chi connectivity index (χ0) is 21.7. The summed E-state index contributed by atoms with van der Waals surface area (Å²) >= 11 is 0. The minimum Gasteiger partial charge on any atom is -0.378 e. The van der Waals surface area contributed by atoms with E-state index in [4.69, 9.17) is 9.72 Å². The number of hydrogen-bond donors (Lipinski definition) is 0. The van der Waals surface area contributed by atoms with Crippen LogP contribution in [0.15, 0.2) is 24.3 Å². The molecule has 2 aromatic rings. The molecule has 0 unspecified atom stereocenters. The summed E-state index contributed by atoms with van der Waals surface area (Å²) < 4.78 is 5.45. The minimum atomic E-state index is 0.253. The van der Waals surface area contributed by atoms with Gasteiger partial charge in [-0.05, 0) is 25.3 Å². The van der Waals surface area contributed by atoms with Gasteiger partial charge in [-0.3, -0.25) is 4.79 Å². The number of nitrogens with zero attached hydrogens (tertiary/aromatic N) is 4. The topological polar surface area (TPSA) is 58.6 Å². The van der Waals surface area contributed by atoms with Gasteiger partial charge < -0.3 is 14.5 Å². The molecule has 1 aliphatic heterocycles. The van der Waals surface area contributed by atoms with Crippen molar-refractivity contribution in [1.29, 1.82) is 0 Å². The van der Waals surface area contributed by atoms with Gasteiger partial charge in [0, 0.05) is 51.7 Å². The van der Waals surface area contributed by atoms with Crippen LogP contribution in [-0.2, 0) is 22.6 Å². The van der Waals surface area contributed by atoms with E-state index in [1.54, 1.807) is 7.11 Å². The first-order valence-corrected chi connectivity index (χ1v) is 10.8. The SMILES string of the molecule is COCc1nc(C)nc(N2CCN(C(=O)CC(C)C)CC2)c1Cc1ccc(C)cc1. The molecule has 162 valence electrons. The Morgan fingerprint density at radius 3 is 2.33 bits per heavy atom. The lowest BCUT2D eigenvalue weighted by Gasteiger charge is -2.37. The molecule has 0 saturated carbocycles. The Morgan fingerprint density at radius 1 is 1.07 bits per heavy atom. The number of methoxy groups -OCH3 is 1. The highest BCUT2D eigenvalue weighted by atomic mass is 16.5. The molecular weight excluding hydrogens is 376 g/mol. The maximum atomic E-state index is 12.4. The molecule has 0 radical (unpaired) electrons. The molecule has 0 atom stereocenters. The lowest BCUT2D eigenvalue weighted by atomic mass is 10.0. The van der Waals surface area contributed by atoms with Crippen molar-refractivity contribution in [2.24, 2.45) is 5.92 Å². The molecule has 0 N–H and O–H groups in total. The molecule has 1 fully saturated rings. The second kappa shape index (κ2) is 10.0. The summed E-state index contributed by atoms with van der Waals surface area (Å²) in [6, 6.07) is 8.61. The van der Waals surface area contributed by atoms with E-state index in [2.05, 4.69) is 54.9 Å². The number of amides is 1. The van der Waals surface area contributed by atoms with Crippen molar-refractivity contribution in [2.45, 2.75) is 47.1 Å². The number of aryl methyl sites for hydroxylation is 2. The van der Waals surface area contributed by atoms with Crippen LogP contribution in [0.25, 0.3) is 0 Å². The molecular formula is C24H34N4O2. The third-order valence-corrected chi connectivity index (χ3v) is 5.48. The zero-order valence-electron chi connectivity index (χ0n) is 18.9. The fourth-order valence-corrected chi connectivity index (χ4v) is 3.89. The van der Waals surface area contributed by atoms with E-state index in [1.165, 1.54) is 11.1 Å². The van der Waals surface area contributed by atoms with Crippen LogP contribution in [0, 0.1) is 19.8 Å². The molecule has 6 nitrogen and oxygen atoms in total. The van der Waals surface area contributed by atoms with Gasteiger partial charge in [0.1, 0.15) is 11.6 Å². The number of carbonyl (C=O) groups is 1. The first-order chi connectivity index (χ1) is 14.4. The Labute approximate surface area is 180 Å². The monoisotopic (exact) mass is 410 g/mol. The van der Waals surface area contributed by atoms with Crippen LogP contribution in [-0.4, -0.2) is 54.1 Å². The Hall–Kier alpha value is -2.47. The molecule has 0 spiro atoms. The van der Waals surface area contributed by atoms with E-state index in [0.29, 0.717) is 18.9 Å². The van der Waals surface area contributed by atoms with Crippen molar-refractivity contribution in [3.8, 4) is 0 Å². The summed E-state index contributed by atoms with van der Waals surface area (Å²) in [5, 5.41) is 0. The fraction of sp³-hybridized carbons (Fsp3) is 0.542. The highest BCUT2D eigenvalue weighted by molar-refractivity contribution is 5.76. The van der Waals surface area contributed by atoms with Gasteiger partial charge in [-0.25, -0.2) is 9.97 Å². The number of piperazine rings is 1. The average Bonchev–Trinajstić information content (AvgIpc) is 2.71.